The van der Waals surface area contributed by atoms with Crippen LogP contribution in [0, 0.1) is 0 Å². The number of ether oxygens (including phenoxy) is 4. The number of rotatable bonds is 16. The lowest BCUT2D eigenvalue weighted by Gasteiger charge is -2.45. The summed E-state index contributed by atoms with van der Waals surface area (Å²) in [6.45, 7) is 1.31. The van der Waals surface area contributed by atoms with Crippen molar-refractivity contribution in [3.63, 3.8) is 0 Å². The topological polar surface area (TPSA) is 179 Å². The van der Waals surface area contributed by atoms with Gasteiger partial charge >= 0.3 is 0 Å². The molecule has 4 unspecified atom stereocenters. The lowest BCUT2D eigenvalue weighted by Crippen LogP contribution is -2.64. The van der Waals surface area contributed by atoms with Crippen LogP contribution >= 0.6 is 0 Å². The first kappa shape index (κ1) is 30.8. The molecule has 2 heterocycles. The van der Waals surface area contributed by atoms with Crippen LogP contribution in [-0.4, -0.2) is 117 Å². The van der Waals surface area contributed by atoms with Crippen LogP contribution in [0.4, 0.5) is 0 Å². The van der Waals surface area contributed by atoms with Crippen molar-refractivity contribution in [1.29, 1.82) is 0 Å². The van der Waals surface area contributed by atoms with Crippen LogP contribution in [0.15, 0.2) is 0 Å². The summed E-state index contributed by atoms with van der Waals surface area (Å²) in [6, 6.07) is 0. The van der Waals surface area contributed by atoms with Gasteiger partial charge in [0.1, 0.15) is 48.8 Å². The van der Waals surface area contributed by atoms with Crippen LogP contribution in [-0.2, 0) is 18.9 Å². The third kappa shape index (κ3) is 9.11. The van der Waals surface area contributed by atoms with Crippen LogP contribution in [0.3, 0.4) is 0 Å². The third-order valence-electron chi connectivity index (χ3n) is 6.74. The van der Waals surface area contributed by atoms with Crippen molar-refractivity contribution in [2.45, 2.75) is 133 Å². The molecule has 11 heteroatoms. The summed E-state index contributed by atoms with van der Waals surface area (Å²) in [7, 11) is 0. The molecule has 0 spiro atoms. The molecule has 2 aliphatic heterocycles. The van der Waals surface area contributed by atoms with Gasteiger partial charge in [-0.1, -0.05) is 64.7 Å². The number of aliphatic hydroxyl groups excluding tert-OH is 7. The Bertz CT molecular complexity index is 550. The standard InChI is InChI=1S/C24H46O11/c1-2-3-4-5-6-7-8-9-10-11-12-32-23-21(31)19(29)22(16(14-26)34-23)35-24-20(30)18(28)17(27)15(13-25)33-24/h15-31H,2-14H2,1H3/t15?,16?,17-,18+,19-,20?,21?,22-,23+,24+/m1/s1. The Kier molecular flexibility index (Phi) is 14.4. The lowest BCUT2D eigenvalue weighted by molar-refractivity contribution is -0.359. The van der Waals surface area contributed by atoms with Crippen molar-refractivity contribution in [2.75, 3.05) is 19.8 Å². The van der Waals surface area contributed by atoms with E-state index in [1.807, 2.05) is 0 Å². The fourth-order valence-electron chi connectivity index (χ4n) is 4.48. The molecule has 10 atom stereocenters. The van der Waals surface area contributed by atoms with E-state index in [-0.39, 0.29) is 0 Å². The molecule has 0 saturated carbocycles. The summed E-state index contributed by atoms with van der Waals surface area (Å²) in [4.78, 5) is 0. The summed E-state index contributed by atoms with van der Waals surface area (Å²) in [6.07, 6.45) is -2.63. The maximum Gasteiger partial charge on any atom is 0.187 e. The molecule has 0 aromatic heterocycles. The van der Waals surface area contributed by atoms with Crippen molar-refractivity contribution in [3.8, 4) is 0 Å². The van der Waals surface area contributed by atoms with Gasteiger partial charge in [0, 0.05) is 6.61 Å². The van der Waals surface area contributed by atoms with E-state index in [1.54, 1.807) is 0 Å². The monoisotopic (exact) mass is 510 g/mol. The van der Waals surface area contributed by atoms with E-state index >= 15 is 0 Å². The summed E-state index contributed by atoms with van der Waals surface area (Å²) in [5.74, 6) is 0. The summed E-state index contributed by atoms with van der Waals surface area (Å²) in [5, 5.41) is 70.1. The van der Waals surface area contributed by atoms with E-state index < -0.39 is 74.6 Å². The Morgan fingerprint density at radius 1 is 0.571 bits per heavy atom. The van der Waals surface area contributed by atoms with E-state index in [1.165, 1.54) is 44.9 Å². The Balaban J connectivity index is 1.74. The molecule has 0 aliphatic carbocycles. The largest absolute Gasteiger partial charge is 0.394 e. The zero-order valence-electron chi connectivity index (χ0n) is 20.7. The van der Waals surface area contributed by atoms with Gasteiger partial charge < -0.3 is 54.7 Å². The van der Waals surface area contributed by atoms with Crippen LogP contribution in [0.25, 0.3) is 0 Å². The molecular formula is C24H46O11. The van der Waals surface area contributed by atoms with Gasteiger partial charge in [-0.3, -0.25) is 0 Å². The molecule has 35 heavy (non-hydrogen) atoms. The van der Waals surface area contributed by atoms with Crippen molar-refractivity contribution in [3.05, 3.63) is 0 Å². The zero-order chi connectivity index (χ0) is 25.8. The molecule has 0 aromatic rings. The summed E-state index contributed by atoms with van der Waals surface area (Å²) in [5.41, 5.74) is 0. The highest BCUT2D eigenvalue weighted by Gasteiger charge is 2.50. The van der Waals surface area contributed by atoms with E-state index in [9.17, 15) is 35.7 Å². The second-order valence-electron chi connectivity index (χ2n) is 9.56. The zero-order valence-corrected chi connectivity index (χ0v) is 20.7. The van der Waals surface area contributed by atoms with E-state index in [2.05, 4.69) is 6.92 Å². The third-order valence-corrected chi connectivity index (χ3v) is 6.74. The molecule has 7 N–H and O–H groups in total. The first-order valence-electron chi connectivity index (χ1n) is 13.1. The Morgan fingerprint density at radius 2 is 1.09 bits per heavy atom. The van der Waals surface area contributed by atoms with Crippen LogP contribution < -0.4 is 0 Å². The molecule has 2 aliphatic rings. The summed E-state index contributed by atoms with van der Waals surface area (Å²) < 4.78 is 22.0. The summed E-state index contributed by atoms with van der Waals surface area (Å²) >= 11 is 0. The van der Waals surface area contributed by atoms with E-state index in [4.69, 9.17) is 18.9 Å². The molecule has 0 bridgehead atoms. The molecule has 0 aromatic carbocycles. The van der Waals surface area contributed by atoms with Crippen LogP contribution in [0.2, 0.25) is 0 Å². The predicted molar refractivity (Wildman–Crippen MR) is 124 cm³/mol. The van der Waals surface area contributed by atoms with Crippen LogP contribution in [0.1, 0.15) is 71.1 Å². The van der Waals surface area contributed by atoms with Gasteiger partial charge in [-0.25, -0.2) is 0 Å². The predicted octanol–water partition coefficient (Wildman–Crippen LogP) is -0.452. The van der Waals surface area contributed by atoms with Crippen molar-refractivity contribution in [2.24, 2.45) is 0 Å². The quantitative estimate of drug-likeness (QED) is 0.134. The first-order chi connectivity index (χ1) is 16.8. The molecule has 2 rings (SSSR count). The number of unbranched alkanes of at least 4 members (excludes halogenated alkanes) is 9. The second kappa shape index (κ2) is 16.4. The second-order valence-corrected chi connectivity index (χ2v) is 9.56. The van der Waals surface area contributed by atoms with E-state index in [0.717, 1.165) is 19.3 Å². The van der Waals surface area contributed by atoms with Gasteiger partial charge in [0.2, 0.25) is 0 Å². The van der Waals surface area contributed by atoms with Gasteiger partial charge in [-0.15, -0.1) is 0 Å². The van der Waals surface area contributed by atoms with Crippen molar-refractivity contribution < 1.29 is 54.7 Å². The molecule has 0 amide bonds. The van der Waals surface area contributed by atoms with Gasteiger partial charge in [0.05, 0.1) is 13.2 Å². The maximum atomic E-state index is 10.6. The highest BCUT2D eigenvalue weighted by atomic mass is 16.7. The average molecular weight is 511 g/mol. The Morgan fingerprint density at radius 3 is 1.66 bits per heavy atom. The minimum absolute atomic E-state index is 0.321. The Hall–Kier alpha value is -0.440. The highest BCUT2D eigenvalue weighted by Crippen LogP contribution is 2.29. The maximum absolute atomic E-state index is 10.6. The van der Waals surface area contributed by atoms with Gasteiger partial charge in [0.25, 0.3) is 0 Å². The molecule has 11 nitrogen and oxygen atoms in total. The number of hydrogen-bond donors (Lipinski definition) is 7. The molecule has 208 valence electrons. The normalized spacial score (nSPS) is 38.1. The van der Waals surface area contributed by atoms with Crippen molar-refractivity contribution >= 4 is 0 Å². The van der Waals surface area contributed by atoms with Gasteiger partial charge in [0.15, 0.2) is 12.6 Å². The number of aliphatic hydroxyl groups is 7. The smallest absolute Gasteiger partial charge is 0.187 e. The molecule has 2 fully saturated rings. The van der Waals surface area contributed by atoms with Gasteiger partial charge in [-0.2, -0.15) is 0 Å². The molecular weight excluding hydrogens is 464 g/mol. The lowest BCUT2D eigenvalue weighted by atomic mass is 9.97. The molecule has 0 radical (unpaired) electrons. The van der Waals surface area contributed by atoms with Crippen LogP contribution in [0.5, 0.6) is 0 Å². The van der Waals surface area contributed by atoms with Gasteiger partial charge in [-0.05, 0) is 6.42 Å². The van der Waals surface area contributed by atoms with E-state index in [0.29, 0.717) is 6.61 Å². The minimum Gasteiger partial charge on any atom is -0.394 e. The average Bonchev–Trinajstić information content (AvgIpc) is 2.86. The minimum atomic E-state index is -1.69. The SMILES string of the molecule is CCCCCCCCCCCCO[C@H]1OC(CO)[C@@H](O[C@@H]2OC(CO)[C@@H](O)[C@H](O)C2O)[C@H](O)C1O. The first-order valence-corrected chi connectivity index (χ1v) is 13.1. The Labute approximate surface area is 207 Å². The fourth-order valence-corrected chi connectivity index (χ4v) is 4.48. The molecule has 2 saturated heterocycles. The fraction of sp³-hybridized carbons (Fsp3) is 1.00. The van der Waals surface area contributed by atoms with Crippen molar-refractivity contribution in [1.82, 2.24) is 0 Å². The highest BCUT2D eigenvalue weighted by molar-refractivity contribution is 4.94. The number of hydrogen-bond acceptors (Lipinski definition) is 11.